The van der Waals surface area contributed by atoms with Crippen LogP contribution in [0.2, 0.25) is 0 Å². The zero-order valence-electron chi connectivity index (χ0n) is 10.5. The summed E-state index contributed by atoms with van der Waals surface area (Å²) in [5, 5.41) is 9.20. The van der Waals surface area contributed by atoms with Gasteiger partial charge in [-0.05, 0) is 31.8 Å². The lowest BCUT2D eigenvalue weighted by molar-refractivity contribution is 0.116. The molecule has 0 aliphatic carbocycles. The first-order chi connectivity index (χ1) is 8.24. The van der Waals surface area contributed by atoms with Crippen molar-refractivity contribution in [3.63, 3.8) is 0 Å². The van der Waals surface area contributed by atoms with Crippen LogP contribution in [0.4, 0.5) is 4.79 Å². The molecule has 2 aliphatic rings. The van der Waals surface area contributed by atoms with E-state index in [1.54, 1.807) is 4.90 Å². The topological polar surface area (TPSA) is 53.0 Å². The normalized spacial score (nSPS) is 30.7. The van der Waals surface area contributed by atoms with Crippen molar-refractivity contribution >= 4 is 6.09 Å². The smallest absolute Gasteiger partial charge is 0.410 e. The van der Waals surface area contributed by atoms with E-state index >= 15 is 0 Å². The van der Waals surface area contributed by atoms with Crippen LogP contribution in [0.5, 0.6) is 0 Å². The van der Waals surface area contributed by atoms with Crippen LogP contribution in [0, 0.1) is 5.92 Å². The molecule has 1 N–H and O–H groups in total. The molecule has 0 saturated carbocycles. The van der Waals surface area contributed by atoms with Crippen LogP contribution in [0.1, 0.15) is 19.8 Å². The lowest BCUT2D eigenvalue weighted by Crippen LogP contribution is -2.44. The fourth-order valence-electron chi connectivity index (χ4n) is 2.73. The maximum absolute atomic E-state index is 11.5. The molecule has 98 valence electrons. The Kier molecular flexibility index (Phi) is 4.23. The molecule has 2 atom stereocenters. The van der Waals surface area contributed by atoms with Gasteiger partial charge < -0.3 is 14.7 Å². The van der Waals surface area contributed by atoms with Gasteiger partial charge in [-0.3, -0.25) is 4.90 Å². The lowest BCUT2D eigenvalue weighted by Gasteiger charge is -2.34. The summed E-state index contributed by atoms with van der Waals surface area (Å²) in [5.74, 6) is 0.517. The van der Waals surface area contributed by atoms with Crippen LogP contribution in [0.25, 0.3) is 0 Å². The van der Waals surface area contributed by atoms with Crippen molar-refractivity contribution in [2.24, 2.45) is 5.92 Å². The van der Waals surface area contributed by atoms with Crippen molar-refractivity contribution < 1.29 is 14.6 Å². The van der Waals surface area contributed by atoms with Crippen LogP contribution < -0.4 is 0 Å². The highest BCUT2D eigenvalue weighted by molar-refractivity contribution is 5.70. The third kappa shape index (κ3) is 2.90. The van der Waals surface area contributed by atoms with Gasteiger partial charge in [-0.25, -0.2) is 4.79 Å². The second-order valence-corrected chi connectivity index (χ2v) is 4.97. The van der Waals surface area contributed by atoms with Crippen molar-refractivity contribution in [1.82, 2.24) is 9.80 Å². The summed E-state index contributed by atoms with van der Waals surface area (Å²) >= 11 is 0. The highest BCUT2D eigenvalue weighted by Gasteiger charge is 2.34. The fourth-order valence-corrected chi connectivity index (χ4v) is 2.73. The number of amides is 1. The monoisotopic (exact) mass is 242 g/mol. The number of rotatable bonds is 4. The summed E-state index contributed by atoms with van der Waals surface area (Å²) in [6, 6.07) is -0.139. The van der Waals surface area contributed by atoms with Gasteiger partial charge in [0.25, 0.3) is 0 Å². The molecule has 5 heteroatoms. The Labute approximate surface area is 102 Å². The molecule has 2 heterocycles. The Balaban J connectivity index is 1.88. The molecule has 0 aromatic rings. The minimum Gasteiger partial charge on any atom is -0.447 e. The zero-order valence-corrected chi connectivity index (χ0v) is 10.5. The number of carbonyl (C=O) groups excluding carboxylic acids is 1. The molecule has 1 amide bonds. The minimum absolute atomic E-state index is 0.00402. The molecule has 0 aromatic heterocycles. The van der Waals surface area contributed by atoms with Crippen molar-refractivity contribution in [2.75, 3.05) is 39.4 Å². The number of aliphatic hydroxyl groups excluding tert-OH is 1. The highest BCUT2D eigenvalue weighted by atomic mass is 16.6. The van der Waals surface area contributed by atoms with E-state index in [4.69, 9.17) is 4.74 Å². The third-order valence-electron chi connectivity index (χ3n) is 3.79. The van der Waals surface area contributed by atoms with Gasteiger partial charge in [0.15, 0.2) is 0 Å². The second-order valence-electron chi connectivity index (χ2n) is 4.97. The van der Waals surface area contributed by atoms with Gasteiger partial charge in [-0.15, -0.1) is 0 Å². The quantitative estimate of drug-likeness (QED) is 0.781. The van der Waals surface area contributed by atoms with Crippen molar-refractivity contribution in [3.05, 3.63) is 0 Å². The van der Waals surface area contributed by atoms with Crippen molar-refractivity contribution in [3.8, 4) is 0 Å². The first-order valence-electron chi connectivity index (χ1n) is 6.51. The number of cyclic esters (lactones) is 1. The van der Waals surface area contributed by atoms with E-state index in [0.29, 0.717) is 12.5 Å². The Morgan fingerprint density at radius 2 is 2.35 bits per heavy atom. The lowest BCUT2D eigenvalue weighted by atomic mass is 9.97. The van der Waals surface area contributed by atoms with Gasteiger partial charge in [-0.1, -0.05) is 6.92 Å². The van der Waals surface area contributed by atoms with E-state index in [0.717, 1.165) is 19.6 Å². The Hall–Kier alpha value is -0.810. The van der Waals surface area contributed by atoms with Crippen molar-refractivity contribution in [1.29, 1.82) is 0 Å². The van der Waals surface area contributed by atoms with Crippen LogP contribution in [0.3, 0.4) is 0 Å². The molecule has 2 fully saturated rings. The number of ether oxygens (including phenoxy) is 1. The van der Waals surface area contributed by atoms with E-state index < -0.39 is 0 Å². The van der Waals surface area contributed by atoms with Crippen LogP contribution >= 0.6 is 0 Å². The molecule has 2 rings (SSSR count). The number of carbonyl (C=O) groups is 1. The molecule has 0 aromatic carbocycles. The number of piperidine rings is 1. The summed E-state index contributed by atoms with van der Waals surface area (Å²) < 4.78 is 4.98. The number of aliphatic hydroxyl groups is 1. The molecule has 2 unspecified atom stereocenters. The molecule has 0 spiro atoms. The van der Waals surface area contributed by atoms with Crippen LogP contribution in [0.15, 0.2) is 0 Å². The maximum atomic E-state index is 11.5. The predicted molar refractivity (Wildman–Crippen MR) is 63.8 cm³/mol. The van der Waals surface area contributed by atoms with Crippen LogP contribution in [-0.4, -0.2) is 66.4 Å². The summed E-state index contributed by atoms with van der Waals surface area (Å²) in [6.07, 6.45) is 2.10. The van der Waals surface area contributed by atoms with Gasteiger partial charge in [0, 0.05) is 13.1 Å². The minimum atomic E-state index is -0.266. The first kappa shape index (κ1) is 12.6. The molecular formula is C12H22N2O3. The highest BCUT2D eigenvalue weighted by Crippen LogP contribution is 2.21. The summed E-state index contributed by atoms with van der Waals surface area (Å²) in [4.78, 5) is 15.7. The largest absolute Gasteiger partial charge is 0.447 e. The van der Waals surface area contributed by atoms with E-state index in [-0.39, 0.29) is 18.7 Å². The number of hydrogen-bond acceptors (Lipinski definition) is 4. The zero-order chi connectivity index (χ0) is 12.3. The van der Waals surface area contributed by atoms with Gasteiger partial charge in [0.05, 0.1) is 12.6 Å². The SMILES string of the molecule is CCN1CCCC(CN2C(=O)OCC2CO)C1. The summed E-state index contributed by atoms with van der Waals surface area (Å²) in [5.41, 5.74) is 0. The molecule has 2 saturated heterocycles. The molecule has 2 aliphatic heterocycles. The number of hydrogen-bond donors (Lipinski definition) is 1. The summed E-state index contributed by atoms with van der Waals surface area (Å²) in [7, 11) is 0. The van der Waals surface area contributed by atoms with Gasteiger partial charge >= 0.3 is 6.09 Å². The van der Waals surface area contributed by atoms with E-state index in [1.165, 1.54) is 19.4 Å². The molecule has 17 heavy (non-hydrogen) atoms. The molecular weight excluding hydrogens is 220 g/mol. The molecule has 5 nitrogen and oxygen atoms in total. The standard InChI is InChI=1S/C12H22N2O3/c1-2-13-5-3-4-10(6-13)7-14-11(8-15)9-17-12(14)16/h10-11,15H,2-9H2,1H3. The van der Waals surface area contributed by atoms with Crippen LogP contribution in [-0.2, 0) is 4.74 Å². The molecule has 0 radical (unpaired) electrons. The second kappa shape index (κ2) is 5.69. The summed E-state index contributed by atoms with van der Waals surface area (Å²) in [6.45, 7) is 6.52. The maximum Gasteiger partial charge on any atom is 0.410 e. The number of nitrogens with zero attached hydrogens (tertiary/aromatic N) is 2. The third-order valence-corrected chi connectivity index (χ3v) is 3.79. The average molecular weight is 242 g/mol. The van der Waals surface area contributed by atoms with Gasteiger partial charge in [0.1, 0.15) is 6.61 Å². The van der Waals surface area contributed by atoms with Gasteiger partial charge in [-0.2, -0.15) is 0 Å². The first-order valence-corrected chi connectivity index (χ1v) is 6.51. The van der Waals surface area contributed by atoms with E-state index in [9.17, 15) is 9.90 Å². The Bertz CT molecular complexity index is 272. The fraction of sp³-hybridized carbons (Fsp3) is 0.917. The van der Waals surface area contributed by atoms with Gasteiger partial charge in [0.2, 0.25) is 0 Å². The average Bonchev–Trinajstić information content (AvgIpc) is 2.71. The Morgan fingerprint density at radius 3 is 3.06 bits per heavy atom. The van der Waals surface area contributed by atoms with E-state index in [1.807, 2.05) is 0 Å². The van der Waals surface area contributed by atoms with E-state index in [2.05, 4.69) is 11.8 Å². The van der Waals surface area contributed by atoms with Crippen molar-refractivity contribution in [2.45, 2.75) is 25.8 Å². The molecule has 0 bridgehead atoms. The Morgan fingerprint density at radius 1 is 1.53 bits per heavy atom. The number of likely N-dealkylation sites (tertiary alicyclic amines) is 1. The predicted octanol–water partition coefficient (Wildman–Crippen LogP) is 0.531.